The van der Waals surface area contributed by atoms with Crippen LogP contribution in [0.5, 0.6) is 11.6 Å². The van der Waals surface area contributed by atoms with Gasteiger partial charge < -0.3 is 4.74 Å². The summed E-state index contributed by atoms with van der Waals surface area (Å²) >= 11 is 11.6. The van der Waals surface area contributed by atoms with Gasteiger partial charge in [-0.15, -0.1) is 11.6 Å². The summed E-state index contributed by atoms with van der Waals surface area (Å²) in [7, 11) is 0. The lowest BCUT2D eigenvalue weighted by Gasteiger charge is -2.06. The van der Waals surface area contributed by atoms with Crippen LogP contribution in [0.15, 0.2) is 36.5 Å². The van der Waals surface area contributed by atoms with Crippen LogP contribution in [-0.4, -0.2) is 4.98 Å². The van der Waals surface area contributed by atoms with Crippen molar-refractivity contribution in [2.24, 2.45) is 0 Å². The minimum atomic E-state index is 0.452. The Labute approximate surface area is 110 Å². The first-order chi connectivity index (χ1) is 8.19. The van der Waals surface area contributed by atoms with Gasteiger partial charge in [0, 0.05) is 23.2 Å². The molecular formula is C13H11Cl2NO. The van der Waals surface area contributed by atoms with E-state index in [0.29, 0.717) is 11.8 Å². The minimum absolute atomic E-state index is 0.452. The molecule has 2 rings (SSSR count). The van der Waals surface area contributed by atoms with E-state index in [1.165, 1.54) is 0 Å². The molecule has 0 radical (unpaired) electrons. The molecule has 0 fully saturated rings. The van der Waals surface area contributed by atoms with Gasteiger partial charge in [-0.2, -0.15) is 0 Å². The molecule has 4 heteroatoms. The topological polar surface area (TPSA) is 22.1 Å². The third-order valence-electron chi connectivity index (χ3n) is 2.30. The molecule has 0 saturated carbocycles. The van der Waals surface area contributed by atoms with Crippen molar-refractivity contribution in [1.82, 2.24) is 4.98 Å². The molecule has 0 aliphatic heterocycles. The zero-order valence-electron chi connectivity index (χ0n) is 9.28. The Hall–Kier alpha value is -1.25. The molecule has 1 aromatic heterocycles. The maximum Gasteiger partial charge on any atom is 0.219 e. The molecule has 88 valence electrons. The van der Waals surface area contributed by atoms with E-state index in [2.05, 4.69) is 4.98 Å². The van der Waals surface area contributed by atoms with Gasteiger partial charge in [-0.3, -0.25) is 0 Å². The molecule has 0 amide bonds. The largest absolute Gasteiger partial charge is 0.439 e. The van der Waals surface area contributed by atoms with E-state index in [1.807, 2.05) is 25.1 Å². The van der Waals surface area contributed by atoms with E-state index >= 15 is 0 Å². The average Bonchev–Trinajstić information content (AvgIpc) is 2.35. The SMILES string of the molecule is Cc1cc(Oc2ccc(CCl)cn2)ccc1Cl. The third-order valence-corrected chi connectivity index (χ3v) is 3.04. The average molecular weight is 268 g/mol. The van der Waals surface area contributed by atoms with E-state index in [4.69, 9.17) is 27.9 Å². The molecule has 2 aromatic rings. The first-order valence-electron chi connectivity index (χ1n) is 5.14. The zero-order chi connectivity index (χ0) is 12.3. The molecule has 0 aliphatic carbocycles. The molecule has 2 nitrogen and oxygen atoms in total. The summed E-state index contributed by atoms with van der Waals surface area (Å²) in [5.74, 6) is 1.71. The van der Waals surface area contributed by atoms with Crippen LogP contribution in [0.2, 0.25) is 5.02 Å². The smallest absolute Gasteiger partial charge is 0.219 e. The molecule has 0 aliphatic rings. The first kappa shape index (κ1) is 12.2. The number of hydrogen-bond acceptors (Lipinski definition) is 2. The van der Waals surface area contributed by atoms with Crippen LogP contribution in [0.3, 0.4) is 0 Å². The van der Waals surface area contributed by atoms with Gasteiger partial charge >= 0.3 is 0 Å². The van der Waals surface area contributed by atoms with Crippen LogP contribution in [0, 0.1) is 6.92 Å². The fraction of sp³-hybridized carbons (Fsp3) is 0.154. The highest BCUT2D eigenvalue weighted by molar-refractivity contribution is 6.31. The summed E-state index contributed by atoms with van der Waals surface area (Å²) < 4.78 is 5.60. The van der Waals surface area contributed by atoms with E-state index in [9.17, 15) is 0 Å². The van der Waals surface area contributed by atoms with E-state index in [-0.39, 0.29) is 0 Å². The Kier molecular flexibility index (Phi) is 3.87. The number of alkyl halides is 1. The number of nitrogens with zero attached hydrogens (tertiary/aromatic N) is 1. The van der Waals surface area contributed by atoms with Crippen LogP contribution in [0.1, 0.15) is 11.1 Å². The maximum atomic E-state index is 5.94. The summed E-state index contributed by atoms with van der Waals surface area (Å²) in [4.78, 5) is 4.16. The number of benzene rings is 1. The summed E-state index contributed by atoms with van der Waals surface area (Å²) in [6.07, 6.45) is 1.70. The fourth-order valence-electron chi connectivity index (χ4n) is 1.35. The number of ether oxygens (including phenoxy) is 1. The van der Waals surface area contributed by atoms with Crippen LogP contribution < -0.4 is 4.74 Å². The molecule has 0 saturated heterocycles. The molecule has 0 bridgehead atoms. The van der Waals surface area contributed by atoms with Gasteiger partial charge in [-0.05, 0) is 36.2 Å². The quantitative estimate of drug-likeness (QED) is 0.760. The van der Waals surface area contributed by atoms with Gasteiger partial charge in [0.15, 0.2) is 0 Å². The summed E-state index contributed by atoms with van der Waals surface area (Å²) in [5.41, 5.74) is 1.94. The van der Waals surface area contributed by atoms with Gasteiger partial charge in [0.25, 0.3) is 0 Å². The van der Waals surface area contributed by atoms with Crippen molar-refractivity contribution in [3.05, 3.63) is 52.7 Å². The Morgan fingerprint density at radius 2 is 2.06 bits per heavy atom. The van der Waals surface area contributed by atoms with Gasteiger partial charge in [-0.1, -0.05) is 17.7 Å². The highest BCUT2D eigenvalue weighted by Crippen LogP contribution is 2.24. The van der Waals surface area contributed by atoms with Crippen molar-refractivity contribution in [1.29, 1.82) is 0 Å². The minimum Gasteiger partial charge on any atom is -0.439 e. The monoisotopic (exact) mass is 267 g/mol. The number of halogens is 2. The van der Waals surface area contributed by atoms with Gasteiger partial charge in [0.2, 0.25) is 5.88 Å². The summed E-state index contributed by atoms with van der Waals surface area (Å²) in [6.45, 7) is 1.93. The predicted molar refractivity (Wildman–Crippen MR) is 70.1 cm³/mol. The molecule has 0 unspecified atom stereocenters. The highest BCUT2D eigenvalue weighted by atomic mass is 35.5. The lowest BCUT2D eigenvalue weighted by atomic mass is 10.2. The van der Waals surface area contributed by atoms with E-state index in [1.54, 1.807) is 18.3 Å². The number of aryl methyl sites for hydroxylation is 1. The zero-order valence-corrected chi connectivity index (χ0v) is 10.8. The van der Waals surface area contributed by atoms with Gasteiger partial charge in [0.05, 0.1) is 0 Å². The third kappa shape index (κ3) is 3.11. The second-order valence-electron chi connectivity index (χ2n) is 3.65. The second kappa shape index (κ2) is 5.39. The number of hydrogen-bond donors (Lipinski definition) is 0. The molecule has 1 heterocycles. The molecule has 17 heavy (non-hydrogen) atoms. The highest BCUT2D eigenvalue weighted by Gasteiger charge is 2.01. The standard InChI is InChI=1S/C13H11Cl2NO/c1-9-6-11(3-4-12(9)15)17-13-5-2-10(7-14)8-16-13/h2-6,8H,7H2,1H3. The van der Waals surface area contributed by atoms with Crippen LogP contribution in [0.25, 0.3) is 0 Å². The molecule has 0 atom stereocenters. The Morgan fingerprint density at radius 3 is 2.65 bits per heavy atom. The fourth-order valence-corrected chi connectivity index (χ4v) is 1.63. The Balaban J connectivity index is 2.16. The Bertz CT molecular complexity index is 511. The maximum absolute atomic E-state index is 5.94. The summed E-state index contributed by atoms with van der Waals surface area (Å²) in [6, 6.07) is 9.17. The van der Waals surface area contributed by atoms with Gasteiger partial charge in [-0.25, -0.2) is 4.98 Å². The lowest BCUT2D eigenvalue weighted by molar-refractivity contribution is 0.462. The summed E-state index contributed by atoms with van der Waals surface area (Å²) in [5, 5.41) is 0.725. The normalized spacial score (nSPS) is 10.3. The molecule has 1 aromatic carbocycles. The van der Waals surface area contributed by atoms with Crippen molar-refractivity contribution in [2.75, 3.05) is 0 Å². The predicted octanol–water partition coefficient (Wildman–Crippen LogP) is 4.57. The number of aromatic nitrogens is 1. The molecule has 0 spiro atoms. The van der Waals surface area contributed by atoms with Crippen molar-refractivity contribution in [3.8, 4) is 11.6 Å². The van der Waals surface area contributed by atoms with Crippen LogP contribution in [0.4, 0.5) is 0 Å². The van der Waals surface area contributed by atoms with Crippen molar-refractivity contribution < 1.29 is 4.74 Å². The van der Waals surface area contributed by atoms with Gasteiger partial charge in [0.1, 0.15) is 5.75 Å². The van der Waals surface area contributed by atoms with E-state index in [0.717, 1.165) is 21.9 Å². The van der Waals surface area contributed by atoms with Crippen LogP contribution >= 0.6 is 23.2 Å². The van der Waals surface area contributed by atoms with E-state index < -0.39 is 0 Å². The number of rotatable bonds is 3. The van der Waals surface area contributed by atoms with Crippen LogP contribution in [-0.2, 0) is 5.88 Å². The lowest BCUT2D eigenvalue weighted by Crippen LogP contribution is -1.89. The molecule has 0 N–H and O–H groups in total. The Morgan fingerprint density at radius 1 is 1.24 bits per heavy atom. The van der Waals surface area contributed by atoms with Crippen molar-refractivity contribution in [2.45, 2.75) is 12.8 Å². The first-order valence-corrected chi connectivity index (χ1v) is 6.05. The second-order valence-corrected chi connectivity index (χ2v) is 4.33. The van der Waals surface area contributed by atoms with Crippen molar-refractivity contribution >= 4 is 23.2 Å². The number of pyridine rings is 1. The molecular weight excluding hydrogens is 257 g/mol. The van der Waals surface area contributed by atoms with Crippen molar-refractivity contribution in [3.63, 3.8) is 0 Å².